The normalized spacial score (nSPS) is 10.6. The van der Waals surface area contributed by atoms with Crippen LogP contribution in [0.1, 0.15) is 15.9 Å². The predicted molar refractivity (Wildman–Crippen MR) is 83.9 cm³/mol. The molecular weight excluding hydrogens is 336 g/mol. The molecule has 6 heteroatoms. The van der Waals surface area contributed by atoms with E-state index < -0.39 is 0 Å². The summed E-state index contributed by atoms with van der Waals surface area (Å²) >= 11 is 3.31. The van der Waals surface area contributed by atoms with Gasteiger partial charge in [0.2, 0.25) is 0 Å². The van der Waals surface area contributed by atoms with Crippen LogP contribution in [-0.4, -0.2) is 24.3 Å². The Morgan fingerprint density at radius 1 is 1.33 bits per heavy atom. The standard InChI is InChI=1S/C15H13BrN2O3/c1-21-14-7-6-10(8-12(14)16)15(20)18-17-9-11-4-2-3-5-13(11)19/h2-9,19H,1H3,(H,18,20)/b17-9-. The number of benzene rings is 2. The van der Waals surface area contributed by atoms with Crippen molar-refractivity contribution in [2.24, 2.45) is 5.10 Å². The number of phenols is 1. The zero-order valence-corrected chi connectivity index (χ0v) is 12.8. The monoisotopic (exact) mass is 348 g/mol. The molecule has 0 saturated carbocycles. The Morgan fingerprint density at radius 2 is 2.10 bits per heavy atom. The number of carbonyl (C=O) groups excluding carboxylic acids is 1. The maximum Gasteiger partial charge on any atom is 0.271 e. The van der Waals surface area contributed by atoms with E-state index in [1.54, 1.807) is 49.6 Å². The van der Waals surface area contributed by atoms with Gasteiger partial charge in [-0.25, -0.2) is 5.43 Å². The van der Waals surface area contributed by atoms with Crippen LogP contribution < -0.4 is 10.2 Å². The van der Waals surface area contributed by atoms with Crippen LogP contribution in [0.2, 0.25) is 0 Å². The van der Waals surface area contributed by atoms with Gasteiger partial charge in [-0.3, -0.25) is 4.79 Å². The average molecular weight is 349 g/mol. The third kappa shape index (κ3) is 3.82. The summed E-state index contributed by atoms with van der Waals surface area (Å²) < 4.78 is 5.78. The number of amides is 1. The van der Waals surface area contributed by atoms with Crippen LogP contribution in [0.3, 0.4) is 0 Å². The Bertz CT molecular complexity index is 686. The summed E-state index contributed by atoms with van der Waals surface area (Å²) in [4.78, 5) is 11.9. The number of methoxy groups -OCH3 is 1. The molecule has 0 aliphatic carbocycles. The smallest absolute Gasteiger partial charge is 0.271 e. The molecule has 0 aliphatic rings. The number of nitrogens with zero attached hydrogens (tertiary/aromatic N) is 1. The number of hydrazone groups is 1. The van der Waals surface area contributed by atoms with Crippen LogP contribution >= 0.6 is 15.9 Å². The highest BCUT2D eigenvalue weighted by Crippen LogP contribution is 2.25. The van der Waals surface area contributed by atoms with Gasteiger partial charge in [0.15, 0.2) is 0 Å². The van der Waals surface area contributed by atoms with Gasteiger partial charge in [-0.2, -0.15) is 5.10 Å². The summed E-state index contributed by atoms with van der Waals surface area (Å²) in [6.45, 7) is 0. The highest BCUT2D eigenvalue weighted by molar-refractivity contribution is 9.10. The maximum absolute atomic E-state index is 11.9. The van der Waals surface area contributed by atoms with E-state index in [0.717, 1.165) is 0 Å². The zero-order chi connectivity index (χ0) is 15.2. The fourth-order valence-corrected chi connectivity index (χ4v) is 2.17. The first-order valence-electron chi connectivity index (χ1n) is 6.06. The maximum atomic E-state index is 11.9. The van der Waals surface area contributed by atoms with E-state index in [1.165, 1.54) is 6.21 Å². The van der Waals surface area contributed by atoms with E-state index in [1.807, 2.05) is 0 Å². The lowest BCUT2D eigenvalue weighted by Gasteiger charge is -2.05. The number of halogens is 1. The molecule has 0 radical (unpaired) electrons. The number of nitrogens with one attached hydrogen (secondary N) is 1. The van der Waals surface area contributed by atoms with Crippen LogP contribution in [0.15, 0.2) is 52.0 Å². The number of carbonyl (C=O) groups is 1. The highest BCUT2D eigenvalue weighted by Gasteiger charge is 2.07. The number of aromatic hydroxyl groups is 1. The Morgan fingerprint density at radius 3 is 2.76 bits per heavy atom. The van der Waals surface area contributed by atoms with Gasteiger partial charge < -0.3 is 9.84 Å². The van der Waals surface area contributed by atoms with Crippen molar-refractivity contribution < 1.29 is 14.6 Å². The first kappa shape index (κ1) is 15.1. The molecule has 2 rings (SSSR count). The molecule has 1 amide bonds. The quantitative estimate of drug-likeness (QED) is 0.659. The van der Waals surface area contributed by atoms with Crippen LogP contribution in [0.4, 0.5) is 0 Å². The largest absolute Gasteiger partial charge is 0.507 e. The second kappa shape index (κ2) is 6.90. The molecule has 2 aromatic rings. The molecule has 0 bridgehead atoms. The third-order valence-electron chi connectivity index (χ3n) is 2.72. The molecule has 0 atom stereocenters. The molecule has 0 saturated heterocycles. The molecular formula is C15H13BrN2O3. The molecule has 0 fully saturated rings. The number of phenolic OH excluding ortho intramolecular Hbond substituents is 1. The fourth-order valence-electron chi connectivity index (χ4n) is 1.63. The minimum absolute atomic E-state index is 0.0997. The van der Waals surface area contributed by atoms with Crippen molar-refractivity contribution in [1.29, 1.82) is 0 Å². The summed E-state index contributed by atoms with van der Waals surface area (Å²) in [6, 6.07) is 11.7. The number of rotatable bonds is 4. The molecule has 0 aromatic heterocycles. The van der Waals surface area contributed by atoms with Gasteiger partial charge in [-0.05, 0) is 46.3 Å². The molecule has 21 heavy (non-hydrogen) atoms. The first-order chi connectivity index (χ1) is 10.1. The summed E-state index contributed by atoms with van der Waals surface area (Å²) in [5.41, 5.74) is 3.36. The van der Waals surface area contributed by atoms with Crippen molar-refractivity contribution in [2.45, 2.75) is 0 Å². The lowest BCUT2D eigenvalue weighted by molar-refractivity contribution is 0.0955. The summed E-state index contributed by atoms with van der Waals surface area (Å²) in [5, 5.41) is 13.4. The van der Waals surface area contributed by atoms with Crippen LogP contribution in [-0.2, 0) is 0 Å². The van der Waals surface area contributed by atoms with E-state index in [9.17, 15) is 9.90 Å². The third-order valence-corrected chi connectivity index (χ3v) is 3.34. The zero-order valence-electron chi connectivity index (χ0n) is 11.2. The van der Waals surface area contributed by atoms with Gasteiger partial charge in [0.25, 0.3) is 5.91 Å². The number of para-hydroxylation sites is 1. The van der Waals surface area contributed by atoms with Gasteiger partial charge >= 0.3 is 0 Å². The molecule has 0 heterocycles. The van der Waals surface area contributed by atoms with Crippen molar-refractivity contribution in [2.75, 3.05) is 7.11 Å². The molecule has 0 unspecified atom stereocenters. The van der Waals surface area contributed by atoms with Crippen LogP contribution in [0.5, 0.6) is 11.5 Å². The first-order valence-corrected chi connectivity index (χ1v) is 6.86. The summed E-state index contributed by atoms with van der Waals surface area (Å²) in [7, 11) is 1.55. The average Bonchev–Trinajstić information content (AvgIpc) is 2.49. The van der Waals surface area contributed by atoms with Crippen molar-refractivity contribution in [3.63, 3.8) is 0 Å². The van der Waals surface area contributed by atoms with Crippen molar-refractivity contribution in [3.8, 4) is 11.5 Å². The van der Waals surface area contributed by atoms with Gasteiger partial charge in [0.1, 0.15) is 11.5 Å². The Labute approximate surface area is 130 Å². The second-order valence-electron chi connectivity index (χ2n) is 4.11. The summed E-state index contributed by atoms with van der Waals surface area (Å²) in [5.74, 6) is 0.386. The van der Waals surface area contributed by atoms with E-state index in [-0.39, 0.29) is 11.7 Å². The molecule has 2 aromatic carbocycles. The van der Waals surface area contributed by atoms with E-state index >= 15 is 0 Å². The number of hydrogen-bond acceptors (Lipinski definition) is 4. The minimum Gasteiger partial charge on any atom is -0.507 e. The van der Waals surface area contributed by atoms with Gasteiger partial charge in [0, 0.05) is 11.1 Å². The number of ether oxygens (including phenoxy) is 1. The fraction of sp³-hybridized carbons (Fsp3) is 0.0667. The van der Waals surface area contributed by atoms with Crippen molar-refractivity contribution in [3.05, 3.63) is 58.1 Å². The predicted octanol–water partition coefficient (Wildman–Crippen LogP) is 2.93. The lowest BCUT2D eigenvalue weighted by Crippen LogP contribution is -2.17. The topological polar surface area (TPSA) is 70.9 Å². The van der Waals surface area contributed by atoms with E-state index in [4.69, 9.17) is 4.74 Å². The lowest BCUT2D eigenvalue weighted by atomic mass is 10.2. The van der Waals surface area contributed by atoms with Crippen molar-refractivity contribution >= 4 is 28.1 Å². The molecule has 5 nitrogen and oxygen atoms in total. The van der Waals surface area contributed by atoms with Gasteiger partial charge in [0.05, 0.1) is 17.8 Å². The summed E-state index contributed by atoms with van der Waals surface area (Å²) in [6.07, 6.45) is 1.38. The van der Waals surface area contributed by atoms with Crippen LogP contribution in [0.25, 0.3) is 0 Å². The number of hydrogen-bond donors (Lipinski definition) is 2. The Kier molecular flexibility index (Phi) is 4.94. The second-order valence-corrected chi connectivity index (χ2v) is 4.96. The Balaban J connectivity index is 2.05. The van der Waals surface area contributed by atoms with Crippen LogP contribution in [0, 0.1) is 0 Å². The molecule has 2 N–H and O–H groups in total. The Hall–Kier alpha value is -2.34. The van der Waals surface area contributed by atoms with E-state index in [2.05, 4.69) is 26.5 Å². The molecule has 108 valence electrons. The molecule has 0 spiro atoms. The van der Waals surface area contributed by atoms with E-state index in [0.29, 0.717) is 21.3 Å². The van der Waals surface area contributed by atoms with Gasteiger partial charge in [-0.15, -0.1) is 0 Å². The van der Waals surface area contributed by atoms with Gasteiger partial charge in [-0.1, -0.05) is 12.1 Å². The minimum atomic E-state index is -0.356. The molecule has 0 aliphatic heterocycles. The SMILES string of the molecule is COc1ccc(C(=O)N/N=C\c2ccccc2O)cc1Br. The highest BCUT2D eigenvalue weighted by atomic mass is 79.9. The van der Waals surface area contributed by atoms with Crippen molar-refractivity contribution in [1.82, 2.24) is 5.43 Å².